The number of halogens is 6. The zero-order chi connectivity index (χ0) is 30.7. The second-order valence-corrected chi connectivity index (χ2v) is 10.2. The van der Waals surface area contributed by atoms with Crippen LogP contribution in [0.25, 0.3) is 0 Å². The fraction of sp³-hybridized carbons (Fsp3) is 0.517. The van der Waals surface area contributed by atoms with Crippen molar-refractivity contribution in [2.45, 2.75) is 44.8 Å². The molecule has 2 fully saturated rings. The summed E-state index contributed by atoms with van der Waals surface area (Å²) in [5.74, 6) is -0.601. The molecule has 1 saturated carbocycles. The van der Waals surface area contributed by atoms with Crippen LogP contribution in [-0.2, 0) is 33.0 Å². The number of ether oxygens (including phenoxy) is 3. The smallest absolute Gasteiger partial charge is 0.417 e. The van der Waals surface area contributed by atoms with Crippen molar-refractivity contribution in [2.24, 2.45) is 11.8 Å². The molecule has 0 bridgehead atoms. The highest BCUT2D eigenvalue weighted by molar-refractivity contribution is 5.96. The first-order valence-electron chi connectivity index (χ1n) is 13.6. The Morgan fingerprint density at radius 3 is 2.19 bits per heavy atom. The summed E-state index contributed by atoms with van der Waals surface area (Å²) < 4.78 is 95.6. The van der Waals surface area contributed by atoms with E-state index in [0.717, 1.165) is 5.56 Å². The average Bonchev–Trinajstić information content (AvgIpc) is 3.37. The molecule has 0 radical (unpaired) electrons. The summed E-state index contributed by atoms with van der Waals surface area (Å²) in [4.78, 5) is 26.1. The van der Waals surface area contributed by atoms with E-state index in [1.807, 2.05) is 12.1 Å². The largest absolute Gasteiger partial charge is 0.492 e. The van der Waals surface area contributed by atoms with Crippen LogP contribution in [0.5, 0.6) is 5.75 Å². The number of alkyl halides is 6. The maximum atomic E-state index is 13.5. The summed E-state index contributed by atoms with van der Waals surface area (Å²) in [6.45, 7) is 5.48. The zero-order valence-electron chi connectivity index (χ0n) is 23.1. The number of carbonyl (C=O) groups excluding carboxylic acids is 2. The summed E-state index contributed by atoms with van der Waals surface area (Å²) in [6.07, 6.45) is -10.4. The van der Waals surface area contributed by atoms with E-state index in [-0.39, 0.29) is 43.6 Å². The van der Waals surface area contributed by atoms with Crippen LogP contribution < -0.4 is 10.1 Å². The lowest BCUT2D eigenvalue weighted by Gasteiger charge is -2.23. The Kier molecular flexibility index (Phi) is 9.71. The third-order valence-electron chi connectivity index (χ3n) is 7.38. The lowest BCUT2D eigenvalue weighted by Crippen LogP contribution is -2.37. The van der Waals surface area contributed by atoms with Crippen LogP contribution in [0.3, 0.4) is 0 Å². The van der Waals surface area contributed by atoms with Gasteiger partial charge in [-0.25, -0.2) is 4.79 Å². The standard InChI is InChI=1S/C29H32F6N2O5/c1-3-40-24(27(39)41-4-2)13-17-5-8-19(9-6-17)42-12-11-36-25-21-15-37(16-22(21)25)26(38)20-10-7-18(28(30,31)32)14-23(20)29(33,34)35/h5-10,14,21-22,24-25,36H,3-4,11-13,15-16H2,1-2H3/t21-,22+,24-,25+/m0/s1. The van der Waals surface area contributed by atoms with Gasteiger partial charge in [-0.1, -0.05) is 12.1 Å². The van der Waals surface area contributed by atoms with Crippen molar-refractivity contribution in [3.05, 3.63) is 64.7 Å². The maximum absolute atomic E-state index is 13.5. The third-order valence-corrected chi connectivity index (χ3v) is 7.38. The van der Waals surface area contributed by atoms with E-state index in [1.165, 1.54) is 4.90 Å². The van der Waals surface area contributed by atoms with Gasteiger partial charge >= 0.3 is 18.3 Å². The number of rotatable bonds is 12. The summed E-state index contributed by atoms with van der Waals surface area (Å²) in [5, 5.41) is 3.33. The molecule has 1 N–H and O–H groups in total. The van der Waals surface area contributed by atoms with Crippen LogP contribution in [0.1, 0.15) is 40.9 Å². The Labute approximate surface area is 239 Å². The van der Waals surface area contributed by atoms with Crippen LogP contribution in [0.15, 0.2) is 42.5 Å². The van der Waals surface area contributed by atoms with E-state index in [2.05, 4.69) is 5.32 Å². The van der Waals surface area contributed by atoms with Gasteiger partial charge in [0.2, 0.25) is 0 Å². The quantitative estimate of drug-likeness (QED) is 0.210. The second kappa shape index (κ2) is 12.9. The lowest BCUT2D eigenvalue weighted by atomic mass is 10.0. The number of nitrogens with zero attached hydrogens (tertiary/aromatic N) is 1. The summed E-state index contributed by atoms with van der Waals surface area (Å²) in [7, 11) is 0. The van der Waals surface area contributed by atoms with Crippen molar-refractivity contribution in [3.8, 4) is 5.75 Å². The molecule has 1 aliphatic carbocycles. The fourth-order valence-electron chi connectivity index (χ4n) is 5.28. The van der Waals surface area contributed by atoms with Crippen molar-refractivity contribution in [1.82, 2.24) is 10.2 Å². The number of esters is 1. The fourth-order valence-corrected chi connectivity index (χ4v) is 5.28. The van der Waals surface area contributed by atoms with Gasteiger partial charge in [0.05, 0.1) is 23.3 Å². The van der Waals surface area contributed by atoms with Crippen molar-refractivity contribution in [1.29, 1.82) is 0 Å². The highest BCUT2D eigenvalue weighted by Crippen LogP contribution is 2.46. The number of amides is 1. The number of nitrogens with one attached hydrogen (secondary N) is 1. The van der Waals surface area contributed by atoms with Gasteiger partial charge in [-0.3, -0.25) is 4.79 Å². The number of fused-ring (bicyclic) bond motifs is 1. The van der Waals surface area contributed by atoms with Crippen molar-refractivity contribution in [2.75, 3.05) is 39.5 Å². The molecule has 0 aromatic heterocycles. The number of piperidine rings is 1. The van der Waals surface area contributed by atoms with Gasteiger partial charge in [0.1, 0.15) is 12.4 Å². The van der Waals surface area contributed by atoms with Crippen molar-refractivity contribution >= 4 is 11.9 Å². The van der Waals surface area contributed by atoms with E-state index in [0.29, 0.717) is 44.1 Å². The molecular formula is C29H32F6N2O5. The molecule has 1 saturated heterocycles. The molecule has 1 amide bonds. The molecule has 42 heavy (non-hydrogen) atoms. The molecule has 13 heteroatoms. The van der Waals surface area contributed by atoms with Crippen molar-refractivity contribution < 1.29 is 50.1 Å². The highest BCUT2D eigenvalue weighted by atomic mass is 19.4. The summed E-state index contributed by atoms with van der Waals surface area (Å²) in [5.41, 5.74) is -2.94. The molecule has 2 aromatic rings. The van der Waals surface area contributed by atoms with Gasteiger partial charge in [0.15, 0.2) is 6.10 Å². The minimum Gasteiger partial charge on any atom is -0.492 e. The van der Waals surface area contributed by atoms with Crippen LogP contribution in [0.2, 0.25) is 0 Å². The normalized spacial score (nSPS) is 20.7. The van der Waals surface area contributed by atoms with Gasteiger partial charge in [0.25, 0.3) is 5.91 Å². The molecule has 4 rings (SSSR count). The second-order valence-electron chi connectivity index (χ2n) is 10.2. The number of likely N-dealkylation sites (tertiary alicyclic amines) is 1. The Hall–Kier alpha value is -3.32. The van der Waals surface area contributed by atoms with E-state index >= 15 is 0 Å². The molecule has 2 aliphatic rings. The first-order chi connectivity index (χ1) is 19.8. The first-order valence-corrected chi connectivity index (χ1v) is 13.6. The molecule has 4 atom stereocenters. The van der Waals surface area contributed by atoms with Crippen LogP contribution in [0, 0.1) is 11.8 Å². The van der Waals surface area contributed by atoms with Gasteiger partial charge in [-0.15, -0.1) is 0 Å². The first kappa shape index (κ1) is 31.6. The monoisotopic (exact) mass is 602 g/mol. The van der Waals surface area contributed by atoms with Crippen molar-refractivity contribution in [3.63, 3.8) is 0 Å². The molecule has 230 valence electrons. The number of carbonyl (C=O) groups is 2. The topological polar surface area (TPSA) is 77.1 Å². The molecule has 0 unspecified atom stereocenters. The highest BCUT2D eigenvalue weighted by Gasteiger charge is 2.56. The van der Waals surface area contributed by atoms with Gasteiger partial charge in [-0.05, 0) is 61.6 Å². The third kappa shape index (κ3) is 7.54. The predicted octanol–water partition coefficient (Wildman–Crippen LogP) is 4.97. The Balaban J connectivity index is 1.22. The summed E-state index contributed by atoms with van der Waals surface area (Å²) in [6, 6.07) is 8.42. The molecule has 1 heterocycles. The molecule has 1 aliphatic heterocycles. The lowest BCUT2D eigenvalue weighted by molar-refractivity contribution is -0.156. The minimum atomic E-state index is -5.10. The zero-order valence-corrected chi connectivity index (χ0v) is 23.1. The Bertz CT molecular complexity index is 1240. The molecule has 7 nitrogen and oxygen atoms in total. The average molecular weight is 603 g/mol. The molecular weight excluding hydrogens is 570 g/mol. The summed E-state index contributed by atoms with van der Waals surface area (Å²) >= 11 is 0. The van der Waals surface area contributed by atoms with Crippen LogP contribution in [0.4, 0.5) is 26.3 Å². The van der Waals surface area contributed by atoms with Crippen LogP contribution in [-0.4, -0.2) is 68.4 Å². The van der Waals surface area contributed by atoms with E-state index in [1.54, 1.807) is 26.0 Å². The van der Waals surface area contributed by atoms with Gasteiger partial charge in [0, 0.05) is 38.7 Å². The van der Waals surface area contributed by atoms with Gasteiger partial charge in [-0.2, -0.15) is 26.3 Å². The minimum absolute atomic E-state index is 0.0109. The maximum Gasteiger partial charge on any atom is 0.417 e. The van der Waals surface area contributed by atoms with Crippen LogP contribution >= 0.6 is 0 Å². The van der Waals surface area contributed by atoms with E-state index in [4.69, 9.17) is 14.2 Å². The Morgan fingerprint density at radius 1 is 0.952 bits per heavy atom. The molecule has 0 spiro atoms. The Morgan fingerprint density at radius 2 is 1.62 bits per heavy atom. The van der Waals surface area contributed by atoms with E-state index in [9.17, 15) is 35.9 Å². The number of benzene rings is 2. The molecule has 2 aromatic carbocycles. The SMILES string of the molecule is CCOC(=O)[C@H](Cc1ccc(OCCN[C@H]2[C@@H]3CN(C(=O)c4ccc(C(F)(F)F)cc4C(F)(F)F)C[C@@H]32)cc1)OCC. The van der Waals surface area contributed by atoms with Gasteiger partial charge < -0.3 is 24.4 Å². The number of hydrogen-bond acceptors (Lipinski definition) is 6. The number of hydrogen-bond donors (Lipinski definition) is 1. The predicted molar refractivity (Wildman–Crippen MR) is 139 cm³/mol. The van der Waals surface area contributed by atoms with E-state index < -0.39 is 47.0 Å².